The normalized spacial score (nSPS) is 10.0. The summed E-state index contributed by atoms with van der Waals surface area (Å²) < 4.78 is 5.20. The van der Waals surface area contributed by atoms with Gasteiger partial charge in [-0.25, -0.2) is 0 Å². The fourth-order valence-electron chi connectivity index (χ4n) is 1.39. The first kappa shape index (κ1) is 11.3. The molecule has 0 heterocycles. The molecule has 0 saturated carbocycles. The quantitative estimate of drug-likeness (QED) is 0.792. The second-order valence-corrected chi connectivity index (χ2v) is 3.89. The third kappa shape index (κ3) is 1.83. The van der Waals surface area contributed by atoms with Crippen LogP contribution >= 0.6 is 23.8 Å². The highest BCUT2D eigenvalue weighted by molar-refractivity contribution is 7.80. The molecule has 1 aromatic rings. The van der Waals surface area contributed by atoms with Gasteiger partial charge in [-0.05, 0) is 31.0 Å². The standard InChI is InChI=1S/C10H12ClNOS/c1-5-4-7(13-3)8(10(12)14)6(2)9(5)11/h4H,1-3H3,(H2,12,14). The van der Waals surface area contributed by atoms with Crippen LogP contribution in [-0.4, -0.2) is 12.1 Å². The van der Waals surface area contributed by atoms with E-state index in [-0.39, 0.29) is 0 Å². The molecule has 1 rings (SSSR count). The lowest BCUT2D eigenvalue weighted by atomic mass is 10.0. The third-order valence-corrected chi connectivity index (χ3v) is 2.90. The van der Waals surface area contributed by atoms with Gasteiger partial charge in [0.05, 0.1) is 12.7 Å². The van der Waals surface area contributed by atoms with Crippen LogP contribution in [-0.2, 0) is 0 Å². The van der Waals surface area contributed by atoms with Crippen molar-refractivity contribution in [1.29, 1.82) is 0 Å². The third-order valence-electron chi connectivity index (χ3n) is 2.11. The first-order chi connectivity index (χ1) is 6.49. The van der Waals surface area contributed by atoms with Gasteiger partial charge in [-0.3, -0.25) is 0 Å². The molecule has 0 radical (unpaired) electrons. The van der Waals surface area contributed by atoms with E-state index in [1.54, 1.807) is 7.11 Å². The zero-order valence-corrected chi connectivity index (χ0v) is 9.92. The van der Waals surface area contributed by atoms with E-state index in [9.17, 15) is 0 Å². The number of methoxy groups -OCH3 is 1. The van der Waals surface area contributed by atoms with E-state index in [2.05, 4.69) is 0 Å². The van der Waals surface area contributed by atoms with Gasteiger partial charge in [0.1, 0.15) is 10.7 Å². The fourth-order valence-corrected chi connectivity index (χ4v) is 1.79. The average Bonchev–Trinajstić information content (AvgIpc) is 2.12. The highest BCUT2D eigenvalue weighted by atomic mass is 35.5. The minimum Gasteiger partial charge on any atom is -0.496 e. The molecular formula is C10H12ClNOS. The molecule has 2 N–H and O–H groups in total. The average molecular weight is 230 g/mol. The van der Waals surface area contributed by atoms with E-state index in [1.807, 2.05) is 19.9 Å². The van der Waals surface area contributed by atoms with Crippen LogP contribution in [0.2, 0.25) is 5.02 Å². The fraction of sp³-hybridized carbons (Fsp3) is 0.300. The Morgan fingerprint density at radius 1 is 1.50 bits per heavy atom. The van der Waals surface area contributed by atoms with Crippen molar-refractivity contribution in [2.24, 2.45) is 5.73 Å². The van der Waals surface area contributed by atoms with Gasteiger partial charge in [-0.2, -0.15) is 0 Å². The highest BCUT2D eigenvalue weighted by Crippen LogP contribution is 2.31. The van der Waals surface area contributed by atoms with Gasteiger partial charge in [-0.15, -0.1) is 0 Å². The van der Waals surface area contributed by atoms with E-state index >= 15 is 0 Å². The number of halogens is 1. The molecule has 2 nitrogen and oxygen atoms in total. The molecule has 0 amide bonds. The van der Waals surface area contributed by atoms with Crippen LogP contribution in [0.1, 0.15) is 16.7 Å². The van der Waals surface area contributed by atoms with Crippen LogP contribution in [0.4, 0.5) is 0 Å². The van der Waals surface area contributed by atoms with Gasteiger partial charge < -0.3 is 10.5 Å². The first-order valence-corrected chi connectivity index (χ1v) is 4.91. The molecule has 4 heteroatoms. The molecule has 1 aromatic carbocycles. The number of rotatable bonds is 2. The number of ether oxygens (including phenoxy) is 1. The topological polar surface area (TPSA) is 35.2 Å². The Hall–Kier alpha value is -0.800. The smallest absolute Gasteiger partial charge is 0.129 e. The number of hydrogen-bond acceptors (Lipinski definition) is 2. The van der Waals surface area contributed by atoms with Crippen molar-refractivity contribution < 1.29 is 4.74 Å². The van der Waals surface area contributed by atoms with Crippen LogP contribution in [0.25, 0.3) is 0 Å². The number of aryl methyl sites for hydroxylation is 1. The van der Waals surface area contributed by atoms with E-state index in [0.29, 0.717) is 15.8 Å². The van der Waals surface area contributed by atoms with Crippen LogP contribution in [0, 0.1) is 13.8 Å². The molecule has 0 aromatic heterocycles. The number of hydrogen-bond donors (Lipinski definition) is 1. The molecule has 0 saturated heterocycles. The van der Waals surface area contributed by atoms with Gasteiger partial charge in [0.2, 0.25) is 0 Å². The Morgan fingerprint density at radius 3 is 2.50 bits per heavy atom. The maximum Gasteiger partial charge on any atom is 0.129 e. The van der Waals surface area contributed by atoms with Crippen molar-refractivity contribution in [1.82, 2.24) is 0 Å². The Labute approximate surface area is 94.0 Å². The molecule has 0 atom stereocenters. The maximum atomic E-state index is 6.09. The molecule has 0 fully saturated rings. The molecule has 0 spiro atoms. The second-order valence-electron chi connectivity index (χ2n) is 3.07. The monoisotopic (exact) mass is 229 g/mol. The van der Waals surface area contributed by atoms with Gasteiger partial charge in [0.15, 0.2) is 0 Å². The summed E-state index contributed by atoms with van der Waals surface area (Å²) in [6, 6.07) is 1.84. The summed E-state index contributed by atoms with van der Waals surface area (Å²) in [7, 11) is 1.59. The molecule has 76 valence electrons. The molecule has 0 aliphatic carbocycles. The zero-order valence-electron chi connectivity index (χ0n) is 8.35. The van der Waals surface area contributed by atoms with Gasteiger partial charge in [-0.1, -0.05) is 23.8 Å². The number of benzene rings is 1. The van der Waals surface area contributed by atoms with Crippen molar-refractivity contribution in [3.8, 4) is 5.75 Å². The van der Waals surface area contributed by atoms with E-state index < -0.39 is 0 Å². The first-order valence-electron chi connectivity index (χ1n) is 4.12. The maximum absolute atomic E-state index is 6.09. The van der Waals surface area contributed by atoms with Crippen molar-refractivity contribution in [2.45, 2.75) is 13.8 Å². The SMILES string of the molecule is COc1cc(C)c(Cl)c(C)c1C(N)=S. The number of thiocarbonyl (C=S) groups is 1. The van der Waals surface area contributed by atoms with Gasteiger partial charge in [0.25, 0.3) is 0 Å². The summed E-state index contributed by atoms with van der Waals surface area (Å²) in [5.41, 5.74) is 8.15. The minimum atomic E-state index is 0.307. The van der Waals surface area contributed by atoms with Crippen molar-refractivity contribution in [3.63, 3.8) is 0 Å². The lowest BCUT2D eigenvalue weighted by Gasteiger charge is -2.13. The Morgan fingerprint density at radius 2 is 2.07 bits per heavy atom. The van der Waals surface area contributed by atoms with E-state index in [4.69, 9.17) is 34.3 Å². The summed E-state index contributed by atoms with van der Waals surface area (Å²) in [6.45, 7) is 3.80. The van der Waals surface area contributed by atoms with Crippen molar-refractivity contribution in [3.05, 3.63) is 27.8 Å². The molecular weight excluding hydrogens is 218 g/mol. The van der Waals surface area contributed by atoms with Crippen LogP contribution < -0.4 is 10.5 Å². The molecule has 0 unspecified atom stereocenters. The molecule has 14 heavy (non-hydrogen) atoms. The summed E-state index contributed by atoms with van der Waals surface area (Å²) in [6.07, 6.45) is 0. The van der Waals surface area contributed by atoms with E-state index in [1.165, 1.54) is 0 Å². The molecule has 0 aliphatic heterocycles. The lowest BCUT2D eigenvalue weighted by Crippen LogP contribution is -2.13. The largest absolute Gasteiger partial charge is 0.496 e. The van der Waals surface area contributed by atoms with Gasteiger partial charge >= 0.3 is 0 Å². The van der Waals surface area contributed by atoms with Crippen molar-refractivity contribution >= 4 is 28.8 Å². The molecule has 0 bridgehead atoms. The Balaban J connectivity index is 3.53. The lowest BCUT2D eigenvalue weighted by molar-refractivity contribution is 0.413. The molecule has 0 aliphatic rings. The summed E-state index contributed by atoms with van der Waals surface area (Å²) in [5.74, 6) is 0.678. The number of nitrogens with two attached hydrogens (primary N) is 1. The minimum absolute atomic E-state index is 0.307. The predicted octanol–water partition coefficient (Wildman–Crippen LogP) is 2.60. The Bertz CT molecular complexity index is 390. The van der Waals surface area contributed by atoms with Crippen LogP contribution in [0.5, 0.6) is 5.75 Å². The second kappa shape index (κ2) is 4.15. The van der Waals surface area contributed by atoms with Crippen molar-refractivity contribution in [2.75, 3.05) is 7.11 Å². The van der Waals surface area contributed by atoms with E-state index in [0.717, 1.165) is 16.7 Å². The highest BCUT2D eigenvalue weighted by Gasteiger charge is 2.14. The predicted molar refractivity (Wildman–Crippen MR) is 63.4 cm³/mol. The Kier molecular flexibility index (Phi) is 3.34. The summed E-state index contributed by atoms with van der Waals surface area (Å²) >= 11 is 11.0. The summed E-state index contributed by atoms with van der Waals surface area (Å²) in [5, 5.41) is 0.689. The zero-order chi connectivity index (χ0) is 10.9. The summed E-state index contributed by atoms with van der Waals surface area (Å²) in [4.78, 5) is 0.307. The van der Waals surface area contributed by atoms with Gasteiger partial charge in [0, 0.05) is 5.02 Å². The van der Waals surface area contributed by atoms with Crippen LogP contribution in [0.15, 0.2) is 6.07 Å². The van der Waals surface area contributed by atoms with Crippen LogP contribution in [0.3, 0.4) is 0 Å².